The molecular formula is C17H14ClF2N3O4S. The molecule has 2 rings (SSSR count). The molecule has 0 radical (unpaired) electrons. The van der Waals surface area contributed by atoms with Crippen LogP contribution in [0.3, 0.4) is 0 Å². The third-order valence-corrected chi connectivity index (χ3v) is 5.91. The molecule has 0 aliphatic rings. The normalized spacial score (nSPS) is 12.5. The van der Waals surface area contributed by atoms with E-state index in [1.54, 1.807) is 6.07 Å². The second kappa shape index (κ2) is 8.62. The summed E-state index contributed by atoms with van der Waals surface area (Å²) in [5, 5.41) is 11.3. The first-order valence-electron chi connectivity index (χ1n) is 7.59. The fourth-order valence-electron chi connectivity index (χ4n) is 2.21. The van der Waals surface area contributed by atoms with E-state index in [9.17, 15) is 27.3 Å². The summed E-state index contributed by atoms with van der Waals surface area (Å²) in [6, 6.07) is 6.25. The van der Waals surface area contributed by atoms with Gasteiger partial charge in [-0.3, -0.25) is 9.63 Å². The highest BCUT2D eigenvalue weighted by Crippen LogP contribution is 2.26. The van der Waals surface area contributed by atoms with Gasteiger partial charge in [0.15, 0.2) is 0 Å². The van der Waals surface area contributed by atoms with Gasteiger partial charge in [0.1, 0.15) is 22.6 Å². The van der Waals surface area contributed by atoms with E-state index >= 15 is 0 Å². The summed E-state index contributed by atoms with van der Waals surface area (Å²) in [5.74, 6) is -2.70. The van der Waals surface area contributed by atoms with Crippen LogP contribution < -0.4 is 5.32 Å². The van der Waals surface area contributed by atoms with Crippen molar-refractivity contribution in [3.63, 3.8) is 0 Å². The Balaban J connectivity index is 2.37. The number of nitrogens with one attached hydrogen (secondary N) is 1. The molecule has 148 valence electrons. The maximum absolute atomic E-state index is 13.9. The fourth-order valence-corrected chi connectivity index (χ4v) is 3.68. The van der Waals surface area contributed by atoms with Crippen molar-refractivity contribution in [3.05, 3.63) is 64.2 Å². The van der Waals surface area contributed by atoms with Gasteiger partial charge < -0.3 is 5.32 Å². The number of sulfonamides is 1. The highest BCUT2D eigenvalue weighted by molar-refractivity contribution is 7.89. The van der Waals surface area contributed by atoms with Gasteiger partial charge in [-0.05, 0) is 24.3 Å². The van der Waals surface area contributed by atoms with E-state index in [0.29, 0.717) is 10.5 Å². The molecule has 11 heteroatoms. The van der Waals surface area contributed by atoms with Gasteiger partial charge in [-0.2, -0.15) is 5.26 Å². The molecule has 0 bridgehead atoms. The summed E-state index contributed by atoms with van der Waals surface area (Å²) in [7, 11) is -1.86. The Morgan fingerprint density at radius 1 is 1.29 bits per heavy atom. The molecule has 1 N–H and O–H groups in total. The molecule has 1 atom stereocenters. The van der Waals surface area contributed by atoms with Gasteiger partial charge in [-0.25, -0.2) is 17.2 Å². The number of hydrogen-bond acceptors (Lipinski definition) is 5. The first kappa shape index (κ1) is 21.7. The van der Waals surface area contributed by atoms with Crippen molar-refractivity contribution in [1.82, 2.24) is 9.79 Å². The molecule has 1 unspecified atom stereocenters. The van der Waals surface area contributed by atoms with E-state index in [1.165, 1.54) is 12.1 Å². The van der Waals surface area contributed by atoms with Crippen LogP contribution in [0, 0.1) is 23.0 Å². The lowest BCUT2D eigenvalue weighted by Crippen LogP contribution is -2.29. The quantitative estimate of drug-likeness (QED) is 0.712. The molecule has 0 saturated heterocycles. The Hall–Kier alpha value is -2.58. The topological polar surface area (TPSA) is 99.5 Å². The van der Waals surface area contributed by atoms with E-state index in [1.807, 2.05) is 0 Å². The zero-order valence-corrected chi connectivity index (χ0v) is 16.2. The summed E-state index contributed by atoms with van der Waals surface area (Å²) in [5.41, 5.74) is -0.381. The summed E-state index contributed by atoms with van der Waals surface area (Å²) in [6.45, 7) is 0. The van der Waals surface area contributed by atoms with Crippen molar-refractivity contribution in [2.75, 3.05) is 14.2 Å². The Kier molecular flexibility index (Phi) is 6.69. The van der Waals surface area contributed by atoms with Crippen LogP contribution in [0.15, 0.2) is 41.3 Å². The van der Waals surface area contributed by atoms with Crippen LogP contribution in [-0.2, 0) is 14.9 Å². The predicted molar refractivity (Wildman–Crippen MR) is 95.6 cm³/mol. The lowest BCUT2D eigenvalue weighted by molar-refractivity contribution is -0.0258. The Bertz CT molecular complexity index is 1060. The summed E-state index contributed by atoms with van der Waals surface area (Å²) >= 11 is 5.92. The Morgan fingerprint density at radius 2 is 1.96 bits per heavy atom. The lowest BCUT2D eigenvalue weighted by atomic mass is 10.1. The van der Waals surface area contributed by atoms with Gasteiger partial charge >= 0.3 is 0 Å². The van der Waals surface area contributed by atoms with E-state index in [-0.39, 0.29) is 16.1 Å². The van der Waals surface area contributed by atoms with Crippen molar-refractivity contribution < 1.29 is 26.8 Å². The van der Waals surface area contributed by atoms with Crippen LogP contribution in [0.1, 0.15) is 22.0 Å². The number of carbonyl (C=O) groups excluding carboxylic acids is 1. The molecule has 0 aromatic heterocycles. The van der Waals surface area contributed by atoms with Gasteiger partial charge in [0.25, 0.3) is 15.9 Å². The number of hydrogen-bond donors (Lipinski definition) is 1. The van der Waals surface area contributed by atoms with Crippen molar-refractivity contribution >= 4 is 27.5 Å². The molecule has 2 aromatic rings. The smallest absolute Gasteiger partial charge is 0.266 e. The largest absolute Gasteiger partial charge is 0.332 e. The van der Waals surface area contributed by atoms with Gasteiger partial charge in [-0.1, -0.05) is 22.1 Å². The molecule has 28 heavy (non-hydrogen) atoms. The zero-order chi connectivity index (χ0) is 21.1. The van der Waals surface area contributed by atoms with Crippen molar-refractivity contribution in [3.8, 4) is 6.07 Å². The van der Waals surface area contributed by atoms with Crippen molar-refractivity contribution in [2.45, 2.75) is 10.9 Å². The Labute approximate surface area is 165 Å². The molecule has 2 aromatic carbocycles. The number of amides is 1. The number of halogens is 3. The second-order valence-corrected chi connectivity index (χ2v) is 7.76. The molecule has 1 amide bonds. The number of nitriles is 1. The van der Waals surface area contributed by atoms with Crippen LogP contribution in [0.4, 0.5) is 8.78 Å². The molecule has 0 fully saturated rings. The molecule has 0 spiro atoms. The van der Waals surface area contributed by atoms with E-state index in [4.69, 9.17) is 11.6 Å². The summed E-state index contributed by atoms with van der Waals surface area (Å²) in [4.78, 5) is 16.7. The van der Waals surface area contributed by atoms with Crippen LogP contribution in [0.25, 0.3) is 0 Å². The standard InChI is InChI=1S/C17H14ClF2N3O4S/c1-23(27-2)28(25,26)16-7-10(3-6-13(16)18)17(24)22-15(9-21)12-5-4-11(19)8-14(12)20/h3-8,15H,1-2H3,(H,22,24). The average Bonchev–Trinajstić information content (AvgIpc) is 2.65. The SMILES string of the molecule is CON(C)S(=O)(=O)c1cc(C(=O)NC(C#N)c2ccc(F)cc2F)ccc1Cl. The van der Waals surface area contributed by atoms with Gasteiger partial charge in [-0.15, -0.1) is 0 Å². The first-order chi connectivity index (χ1) is 13.1. The summed E-state index contributed by atoms with van der Waals surface area (Å²) < 4.78 is 52.2. The van der Waals surface area contributed by atoms with Gasteiger partial charge in [0, 0.05) is 24.2 Å². The van der Waals surface area contributed by atoms with Crippen molar-refractivity contribution in [1.29, 1.82) is 5.26 Å². The lowest BCUT2D eigenvalue weighted by Gasteiger charge is -2.16. The molecule has 0 saturated carbocycles. The minimum absolute atomic E-state index is 0.143. The number of benzene rings is 2. The maximum atomic E-state index is 13.9. The Morgan fingerprint density at radius 3 is 2.54 bits per heavy atom. The molecule has 0 aliphatic carbocycles. The first-order valence-corrected chi connectivity index (χ1v) is 9.41. The molecule has 0 aliphatic heterocycles. The minimum atomic E-state index is -4.14. The number of hydroxylamine groups is 1. The second-order valence-electron chi connectivity index (χ2n) is 5.44. The van der Waals surface area contributed by atoms with Gasteiger partial charge in [0.05, 0.1) is 18.2 Å². The maximum Gasteiger partial charge on any atom is 0.266 e. The monoisotopic (exact) mass is 429 g/mol. The highest BCUT2D eigenvalue weighted by atomic mass is 35.5. The molecular weight excluding hydrogens is 416 g/mol. The number of rotatable bonds is 6. The minimum Gasteiger partial charge on any atom is -0.332 e. The zero-order valence-electron chi connectivity index (χ0n) is 14.6. The third-order valence-electron chi connectivity index (χ3n) is 3.74. The highest BCUT2D eigenvalue weighted by Gasteiger charge is 2.26. The van der Waals surface area contributed by atoms with Crippen LogP contribution >= 0.6 is 11.6 Å². The van der Waals surface area contributed by atoms with E-state index in [0.717, 1.165) is 32.4 Å². The predicted octanol–water partition coefficient (Wildman–Crippen LogP) is 2.79. The molecule has 0 heterocycles. The number of nitrogens with zero attached hydrogens (tertiary/aromatic N) is 2. The van der Waals surface area contributed by atoms with Crippen LogP contribution in [0.5, 0.6) is 0 Å². The van der Waals surface area contributed by atoms with Crippen LogP contribution in [0.2, 0.25) is 5.02 Å². The summed E-state index contributed by atoms with van der Waals surface area (Å²) in [6.07, 6.45) is 0. The van der Waals surface area contributed by atoms with Crippen LogP contribution in [-0.4, -0.2) is 33.0 Å². The third kappa shape index (κ3) is 4.45. The molecule has 7 nitrogen and oxygen atoms in total. The average molecular weight is 430 g/mol. The van der Waals surface area contributed by atoms with E-state index in [2.05, 4.69) is 10.2 Å². The number of carbonyl (C=O) groups is 1. The van der Waals surface area contributed by atoms with Gasteiger partial charge in [0.2, 0.25) is 0 Å². The van der Waals surface area contributed by atoms with Crippen molar-refractivity contribution in [2.24, 2.45) is 0 Å². The fraction of sp³-hybridized carbons (Fsp3) is 0.176. The van der Waals surface area contributed by atoms with E-state index < -0.39 is 38.5 Å².